The lowest BCUT2D eigenvalue weighted by Crippen LogP contribution is -2.24. The molecule has 0 amide bonds. The molecular weight excluding hydrogens is 396 g/mol. The maximum absolute atomic E-state index is 12.3. The number of carbonyl (C=O) groups is 4. The molecule has 162 valence electrons. The van der Waals surface area contributed by atoms with Gasteiger partial charge in [0, 0.05) is 17.5 Å². The highest BCUT2D eigenvalue weighted by Gasteiger charge is 2.35. The number of aliphatic carboxylic acids is 1. The lowest BCUT2D eigenvalue weighted by Gasteiger charge is -2.18. The number of cyclic esters (lactones) is 1. The van der Waals surface area contributed by atoms with Gasteiger partial charge in [-0.25, -0.2) is 14.4 Å². The molecule has 0 fully saturated rings. The van der Waals surface area contributed by atoms with Gasteiger partial charge in [0.05, 0.1) is 13.7 Å². The number of esters is 3. The Balaban J connectivity index is 2.53. The van der Waals surface area contributed by atoms with E-state index < -0.39 is 23.9 Å². The van der Waals surface area contributed by atoms with Crippen molar-refractivity contribution in [1.29, 1.82) is 0 Å². The van der Waals surface area contributed by atoms with Gasteiger partial charge in [0.15, 0.2) is 5.75 Å². The summed E-state index contributed by atoms with van der Waals surface area (Å²) >= 11 is 0. The summed E-state index contributed by atoms with van der Waals surface area (Å²) in [5.74, 6) is -3.76. The summed E-state index contributed by atoms with van der Waals surface area (Å²) < 4.78 is 20.5. The Morgan fingerprint density at radius 1 is 1.17 bits per heavy atom. The summed E-state index contributed by atoms with van der Waals surface area (Å²) in [4.78, 5) is 47.1. The third-order valence-electron chi connectivity index (χ3n) is 4.65. The molecular formula is C21H24O9. The summed E-state index contributed by atoms with van der Waals surface area (Å²) in [6, 6.07) is 0. The fraction of sp³-hybridized carbons (Fsp3) is 0.429. The quantitative estimate of drug-likeness (QED) is 0.292. The Hall–Kier alpha value is -3.36. The minimum absolute atomic E-state index is 0.00588. The van der Waals surface area contributed by atoms with Gasteiger partial charge < -0.3 is 24.1 Å². The van der Waals surface area contributed by atoms with Crippen molar-refractivity contribution in [2.75, 3.05) is 13.7 Å². The van der Waals surface area contributed by atoms with Gasteiger partial charge in [-0.1, -0.05) is 11.6 Å². The largest absolute Gasteiger partial charge is 0.496 e. The number of allylic oxidation sites excluding steroid dienone is 2. The Kier molecular flexibility index (Phi) is 7.57. The zero-order valence-corrected chi connectivity index (χ0v) is 17.3. The molecule has 9 heteroatoms. The molecule has 1 N–H and O–H groups in total. The first-order valence-corrected chi connectivity index (χ1v) is 9.36. The molecule has 2 rings (SSSR count). The molecule has 30 heavy (non-hydrogen) atoms. The monoisotopic (exact) mass is 420 g/mol. The SMILES string of the molecule is CCOC(=O)C(=O)Oc1c(C/C=C(\C)CCC(=O)O)c(OC)c(C)c2c1C(=O)OC2. The van der Waals surface area contributed by atoms with Crippen LogP contribution in [0.2, 0.25) is 0 Å². The second-order valence-corrected chi connectivity index (χ2v) is 6.65. The van der Waals surface area contributed by atoms with E-state index in [0.29, 0.717) is 28.9 Å². The molecule has 1 aromatic rings. The van der Waals surface area contributed by atoms with Crippen LogP contribution in [-0.2, 0) is 36.9 Å². The Labute approximate surface area is 173 Å². The zero-order chi connectivity index (χ0) is 22.4. The molecule has 1 aliphatic heterocycles. The minimum atomic E-state index is -1.27. The minimum Gasteiger partial charge on any atom is -0.496 e. The number of hydrogen-bond donors (Lipinski definition) is 1. The van der Waals surface area contributed by atoms with Crippen LogP contribution in [0.25, 0.3) is 0 Å². The van der Waals surface area contributed by atoms with Gasteiger partial charge in [0.2, 0.25) is 0 Å². The highest BCUT2D eigenvalue weighted by molar-refractivity contribution is 6.30. The smallest absolute Gasteiger partial charge is 0.422 e. The van der Waals surface area contributed by atoms with Gasteiger partial charge in [-0.2, -0.15) is 0 Å². The number of carboxylic acid groups (broad SMARTS) is 1. The standard InChI is InChI=1S/C21H24O9/c1-5-28-20(25)21(26)30-18-13(8-6-11(2)7-9-15(22)23)17(27-4)12(3)14-10-29-19(24)16(14)18/h6H,5,7-10H2,1-4H3,(H,22,23)/b11-6+. The van der Waals surface area contributed by atoms with Crippen LogP contribution in [-0.4, -0.2) is 42.7 Å². The summed E-state index contributed by atoms with van der Waals surface area (Å²) in [7, 11) is 1.44. The highest BCUT2D eigenvalue weighted by Crippen LogP contribution is 2.43. The van der Waals surface area contributed by atoms with E-state index in [1.807, 2.05) is 0 Å². The van der Waals surface area contributed by atoms with E-state index in [-0.39, 0.29) is 37.4 Å². The molecule has 0 saturated carbocycles. The maximum Gasteiger partial charge on any atom is 0.422 e. The van der Waals surface area contributed by atoms with E-state index in [4.69, 9.17) is 19.3 Å². The lowest BCUT2D eigenvalue weighted by atomic mass is 9.94. The van der Waals surface area contributed by atoms with Gasteiger partial charge in [-0.3, -0.25) is 4.79 Å². The van der Waals surface area contributed by atoms with Crippen LogP contribution in [0.5, 0.6) is 11.5 Å². The Morgan fingerprint density at radius 2 is 1.87 bits per heavy atom. The molecule has 1 heterocycles. The zero-order valence-electron chi connectivity index (χ0n) is 17.3. The van der Waals surface area contributed by atoms with Crippen LogP contribution < -0.4 is 9.47 Å². The first-order chi connectivity index (χ1) is 14.2. The fourth-order valence-electron chi connectivity index (χ4n) is 3.13. The molecule has 0 spiro atoms. The van der Waals surface area contributed by atoms with Crippen LogP contribution >= 0.6 is 0 Å². The molecule has 9 nitrogen and oxygen atoms in total. The van der Waals surface area contributed by atoms with E-state index in [1.165, 1.54) is 7.11 Å². The average Bonchev–Trinajstić information content (AvgIpc) is 3.09. The van der Waals surface area contributed by atoms with Crippen molar-refractivity contribution in [1.82, 2.24) is 0 Å². The maximum atomic E-state index is 12.3. The van der Waals surface area contributed by atoms with Crippen LogP contribution in [0.3, 0.4) is 0 Å². The summed E-state index contributed by atoms with van der Waals surface area (Å²) in [6.45, 7) is 5.05. The van der Waals surface area contributed by atoms with Gasteiger partial charge in [0.1, 0.15) is 17.9 Å². The van der Waals surface area contributed by atoms with Crippen molar-refractivity contribution < 1.29 is 43.2 Å². The molecule has 0 unspecified atom stereocenters. The van der Waals surface area contributed by atoms with Crippen LogP contribution in [0.1, 0.15) is 53.7 Å². The summed E-state index contributed by atoms with van der Waals surface area (Å²) in [5.41, 5.74) is 2.40. The summed E-state index contributed by atoms with van der Waals surface area (Å²) in [5, 5.41) is 8.84. The predicted molar refractivity (Wildman–Crippen MR) is 103 cm³/mol. The first-order valence-electron chi connectivity index (χ1n) is 9.36. The van der Waals surface area contributed by atoms with E-state index in [9.17, 15) is 19.2 Å². The second kappa shape index (κ2) is 9.91. The molecule has 0 aliphatic carbocycles. The summed E-state index contributed by atoms with van der Waals surface area (Å²) in [6.07, 6.45) is 2.25. The third-order valence-corrected chi connectivity index (χ3v) is 4.65. The Bertz CT molecular complexity index is 912. The van der Waals surface area contributed by atoms with Crippen molar-refractivity contribution in [3.8, 4) is 11.5 Å². The molecule has 0 radical (unpaired) electrons. The van der Waals surface area contributed by atoms with E-state index in [2.05, 4.69) is 4.74 Å². The molecule has 1 aromatic carbocycles. The number of carbonyl (C=O) groups excluding carboxylic acids is 3. The fourth-order valence-corrected chi connectivity index (χ4v) is 3.13. The topological polar surface area (TPSA) is 125 Å². The van der Waals surface area contributed by atoms with Gasteiger partial charge in [0.25, 0.3) is 0 Å². The molecule has 0 aromatic heterocycles. The Morgan fingerprint density at radius 3 is 2.47 bits per heavy atom. The first kappa shape index (κ1) is 22.9. The number of benzene rings is 1. The number of hydrogen-bond acceptors (Lipinski definition) is 8. The number of rotatable bonds is 8. The second-order valence-electron chi connectivity index (χ2n) is 6.65. The van der Waals surface area contributed by atoms with Crippen molar-refractivity contribution in [2.24, 2.45) is 0 Å². The van der Waals surface area contributed by atoms with Gasteiger partial charge >= 0.3 is 23.9 Å². The van der Waals surface area contributed by atoms with Crippen LogP contribution in [0.15, 0.2) is 11.6 Å². The molecule has 0 bridgehead atoms. The number of ether oxygens (including phenoxy) is 4. The number of methoxy groups -OCH3 is 1. The molecule has 0 saturated heterocycles. The molecule has 1 aliphatic rings. The highest BCUT2D eigenvalue weighted by atomic mass is 16.6. The van der Waals surface area contributed by atoms with Gasteiger partial charge in [-0.15, -0.1) is 0 Å². The van der Waals surface area contributed by atoms with Crippen LogP contribution in [0.4, 0.5) is 0 Å². The molecule has 0 atom stereocenters. The van der Waals surface area contributed by atoms with Crippen molar-refractivity contribution in [3.05, 3.63) is 33.9 Å². The van der Waals surface area contributed by atoms with Crippen molar-refractivity contribution in [2.45, 2.75) is 46.6 Å². The van der Waals surface area contributed by atoms with Gasteiger partial charge in [-0.05, 0) is 39.2 Å². The lowest BCUT2D eigenvalue weighted by molar-refractivity contribution is -0.161. The normalized spacial score (nSPS) is 12.8. The van der Waals surface area contributed by atoms with Crippen molar-refractivity contribution in [3.63, 3.8) is 0 Å². The van der Waals surface area contributed by atoms with Crippen LogP contribution in [0, 0.1) is 6.92 Å². The van der Waals surface area contributed by atoms with E-state index in [1.54, 1.807) is 26.8 Å². The van der Waals surface area contributed by atoms with Crippen molar-refractivity contribution >= 4 is 23.9 Å². The number of fused-ring (bicyclic) bond motifs is 1. The van der Waals surface area contributed by atoms with E-state index >= 15 is 0 Å². The van der Waals surface area contributed by atoms with E-state index in [0.717, 1.165) is 5.57 Å². The predicted octanol–water partition coefficient (Wildman–Crippen LogP) is 2.50. The third kappa shape index (κ3) is 4.97. The number of carboxylic acids is 1. The average molecular weight is 420 g/mol.